The Morgan fingerprint density at radius 2 is 2.37 bits per heavy atom. The number of nitro benzene ring substituents is 1. The third-order valence-corrected chi connectivity index (χ3v) is 3.92. The molecule has 2 rings (SSSR count). The van der Waals surface area contributed by atoms with Crippen LogP contribution in [0.1, 0.15) is 18.9 Å². The second kappa shape index (κ2) is 5.86. The lowest BCUT2D eigenvalue weighted by molar-refractivity contribution is -0.384. The summed E-state index contributed by atoms with van der Waals surface area (Å²) in [5.41, 5.74) is 0.827. The van der Waals surface area contributed by atoms with Gasteiger partial charge in [-0.1, -0.05) is 17.7 Å². The van der Waals surface area contributed by atoms with Crippen LogP contribution in [0.2, 0.25) is 5.02 Å². The first-order chi connectivity index (χ1) is 8.97. The molecule has 0 aliphatic carbocycles. The average molecular weight is 285 g/mol. The Kier molecular flexibility index (Phi) is 4.39. The number of aliphatic hydroxyl groups is 1. The quantitative estimate of drug-likeness (QED) is 0.681. The van der Waals surface area contributed by atoms with E-state index in [0.29, 0.717) is 12.5 Å². The fourth-order valence-electron chi connectivity index (χ4n) is 2.45. The van der Waals surface area contributed by atoms with Gasteiger partial charge in [0.15, 0.2) is 0 Å². The highest BCUT2D eigenvalue weighted by Gasteiger charge is 2.26. The van der Waals surface area contributed by atoms with E-state index in [4.69, 9.17) is 11.6 Å². The second-order valence-electron chi connectivity index (χ2n) is 5.07. The van der Waals surface area contributed by atoms with E-state index in [1.165, 1.54) is 6.07 Å². The van der Waals surface area contributed by atoms with Crippen LogP contribution >= 0.6 is 11.6 Å². The number of rotatable bonds is 4. The number of aliphatic hydroxyl groups excluding tert-OH is 1. The zero-order valence-electron chi connectivity index (χ0n) is 10.8. The van der Waals surface area contributed by atoms with Gasteiger partial charge in [-0.2, -0.15) is 0 Å². The summed E-state index contributed by atoms with van der Waals surface area (Å²) in [5.74, 6) is 0.294. The van der Waals surface area contributed by atoms with Crippen molar-refractivity contribution in [2.45, 2.75) is 26.0 Å². The maximum Gasteiger partial charge on any atom is 0.288 e. The molecular weight excluding hydrogens is 268 g/mol. The maximum absolute atomic E-state index is 10.8. The van der Waals surface area contributed by atoms with E-state index < -0.39 is 4.92 Å². The van der Waals surface area contributed by atoms with Gasteiger partial charge in [0, 0.05) is 19.2 Å². The minimum Gasteiger partial charge on any atom is -0.393 e. The van der Waals surface area contributed by atoms with Crippen LogP contribution in [0.15, 0.2) is 18.2 Å². The maximum atomic E-state index is 10.8. The third-order valence-electron chi connectivity index (χ3n) is 3.60. The van der Waals surface area contributed by atoms with Crippen LogP contribution in [0, 0.1) is 16.0 Å². The lowest BCUT2D eigenvalue weighted by Crippen LogP contribution is -2.23. The molecule has 1 N–H and O–H groups in total. The summed E-state index contributed by atoms with van der Waals surface area (Å²) in [5, 5.41) is 20.5. The first kappa shape index (κ1) is 14.2. The predicted octanol–water partition coefficient (Wildman–Crippen LogP) is 2.45. The lowest BCUT2D eigenvalue weighted by Gasteiger charge is -2.17. The number of nitrogens with zero attached hydrogens (tertiary/aromatic N) is 2. The molecule has 0 bridgehead atoms. The molecule has 104 valence electrons. The number of hydrogen-bond donors (Lipinski definition) is 1. The first-order valence-electron chi connectivity index (χ1n) is 6.30. The molecule has 1 aliphatic rings. The molecule has 1 aromatic carbocycles. The Morgan fingerprint density at radius 3 is 2.95 bits per heavy atom. The minimum atomic E-state index is -0.464. The molecule has 0 aromatic heterocycles. The van der Waals surface area contributed by atoms with Crippen molar-refractivity contribution < 1.29 is 10.0 Å². The summed E-state index contributed by atoms with van der Waals surface area (Å²) in [4.78, 5) is 12.6. The van der Waals surface area contributed by atoms with Crippen molar-refractivity contribution in [2.75, 3.05) is 13.1 Å². The smallest absolute Gasteiger partial charge is 0.288 e. The molecule has 2 unspecified atom stereocenters. The second-order valence-corrected chi connectivity index (χ2v) is 5.47. The normalized spacial score (nSPS) is 21.5. The lowest BCUT2D eigenvalue weighted by atomic mass is 10.0. The summed E-state index contributed by atoms with van der Waals surface area (Å²) in [6, 6.07) is 4.90. The first-order valence-corrected chi connectivity index (χ1v) is 6.68. The topological polar surface area (TPSA) is 66.6 Å². The standard InChI is InChI=1S/C13H17ClN2O3/c1-9(17)11-4-5-15(8-11)7-10-2-3-12(14)13(6-10)16(18)19/h2-3,6,9,11,17H,4-5,7-8H2,1H3. The SMILES string of the molecule is CC(O)C1CCN(Cc2ccc(Cl)c([N+](=O)[O-])c2)C1. The number of likely N-dealkylation sites (tertiary alicyclic amines) is 1. The molecule has 5 nitrogen and oxygen atoms in total. The Morgan fingerprint density at radius 1 is 1.63 bits per heavy atom. The molecule has 0 radical (unpaired) electrons. The van der Waals surface area contributed by atoms with E-state index in [1.807, 2.05) is 6.07 Å². The highest BCUT2D eigenvalue weighted by atomic mass is 35.5. The van der Waals surface area contributed by atoms with E-state index in [2.05, 4.69) is 4.90 Å². The molecule has 2 atom stereocenters. The van der Waals surface area contributed by atoms with Crippen LogP contribution in [0.25, 0.3) is 0 Å². The van der Waals surface area contributed by atoms with Crippen molar-refractivity contribution in [1.29, 1.82) is 0 Å². The largest absolute Gasteiger partial charge is 0.393 e. The molecule has 1 saturated heterocycles. The van der Waals surface area contributed by atoms with E-state index in [9.17, 15) is 15.2 Å². The van der Waals surface area contributed by atoms with Gasteiger partial charge in [0.1, 0.15) is 5.02 Å². The van der Waals surface area contributed by atoms with Gasteiger partial charge in [-0.25, -0.2) is 0 Å². The molecule has 0 saturated carbocycles. The zero-order chi connectivity index (χ0) is 14.0. The van der Waals surface area contributed by atoms with Gasteiger partial charge >= 0.3 is 0 Å². The van der Waals surface area contributed by atoms with Crippen LogP contribution in [0.4, 0.5) is 5.69 Å². The Hall–Kier alpha value is -1.17. The van der Waals surface area contributed by atoms with Gasteiger partial charge in [-0.15, -0.1) is 0 Å². The van der Waals surface area contributed by atoms with E-state index in [-0.39, 0.29) is 16.8 Å². The highest BCUT2D eigenvalue weighted by Crippen LogP contribution is 2.27. The van der Waals surface area contributed by atoms with Gasteiger partial charge < -0.3 is 5.11 Å². The van der Waals surface area contributed by atoms with Gasteiger partial charge in [-0.3, -0.25) is 15.0 Å². The summed E-state index contributed by atoms with van der Waals surface area (Å²) in [6.45, 7) is 4.20. The predicted molar refractivity (Wildman–Crippen MR) is 73.2 cm³/mol. The van der Waals surface area contributed by atoms with Gasteiger partial charge in [0.25, 0.3) is 5.69 Å². The van der Waals surface area contributed by atoms with Gasteiger partial charge in [0.2, 0.25) is 0 Å². The van der Waals surface area contributed by atoms with Crippen LogP contribution in [-0.4, -0.2) is 34.1 Å². The van der Waals surface area contributed by atoms with Crippen molar-refractivity contribution >= 4 is 17.3 Å². The summed E-state index contributed by atoms with van der Waals surface area (Å²) >= 11 is 5.78. The zero-order valence-corrected chi connectivity index (χ0v) is 11.5. The van der Waals surface area contributed by atoms with Crippen LogP contribution in [-0.2, 0) is 6.54 Å². The average Bonchev–Trinajstić information content (AvgIpc) is 2.80. The van der Waals surface area contributed by atoms with Crippen molar-refractivity contribution in [1.82, 2.24) is 4.90 Å². The molecule has 1 aromatic rings. The molecular formula is C13H17ClN2O3. The van der Waals surface area contributed by atoms with Crippen molar-refractivity contribution in [3.05, 3.63) is 38.9 Å². The fourth-order valence-corrected chi connectivity index (χ4v) is 2.64. The highest BCUT2D eigenvalue weighted by molar-refractivity contribution is 6.32. The molecule has 1 fully saturated rings. The molecule has 1 aliphatic heterocycles. The van der Waals surface area contributed by atoms with Crippen molar-refractivity contribution in [3.63, 3.8) is 0 Å². The Bertz CT molecular complexity index is 479. The molecule has 1 heterocycles. The monoisotopic (exact) mass is 284 g/mol. The summed E-state index contributed by atoms with van der Waals surface area (Å²) in [6.07, 6.45) is 0.664. The number of nitro groups is 1. The van der Waals surface area contributed by atoms with Crippen molar-refractivity contribution in [3.8, 4) is 0 Å². The number of benzene rings is 1. The number of halogens is 1. The van der Waals surface area contributed by atoms with Crippen LogP contribution in [0.3, 0.4) is 0 Å². The van der Waals surface area contributed by atoms with Crippen LogP contribution < -0.4 is 0 Å². The minimum absolute atomic E-state index is 0.0505. The summed E-state index contributed by atoms with van der Waals surface area (Å²) in [7, 11) is 0. The molecule has 19 heavy (non-hydrogen) atoms. The van der Waals surface area contributed by atoms with Gasteiger partial charge in [-0.05, 0) is 37.4 Å². The fraction of sp³-hybridized carbons (Fsp3) is 0.538. The Balaban J connectivity index is 2.04. The van der Waals surface area contributed by atoms with Gasteiger partial charge in [0.05, 0.1) is 11.0 Å². The third kappa shape index (κ3) is 3.43. The Labute approximate surface area is 116 Å². The van der Waals surface area contributed by atoms with Crippen LogP contribution in [0.5, 0.6) is 0 Å². The number of hydrogen-bond acceptors (Lipinski definition) is 4. The summed E-state index contributed by atoms with van der Waals surface area (Å²) < 4.78 is 0. The van der Waals surface area contributed by atoms with E-state index in [1.54, 1.807) is 13.0 Å². The molecule has 0 amide bonds. The van der Waals surface area contributed by atoms with E-state index >= 15 is 0 Å². The van der Waals surface area contributed by atoms with E-state index in [0.717, 1.165) is 25.1 Å². The molecule has 0 spiro atoms. The molecule has 6 heteroatoms. The van der Waals surface area contributed by atoms with Crippen molar-refractivity contribution in [2.24, 2.45) is 5.92 Å².